The monoisotopic (exact) mass is 207 g/mol. The van der Waals surface area contributed by atoms with E-state index in [9.17, 15) is 4.79 Å². The maximum atomic E-state index is 11.2. The first-order chi connectivity index (χ1) is 5.97. The highest BCUT2D eigenvalue weighted by molar-refractivity contribution is 6.20. The van der Waals surface area contributed by atoms with Crippen molar-refractivity contribution in [3.8, 4) is 0 Å². The van der Waals surface area contributed by atoms with E-state index in [-0.39, 0.29) is 12.7 Å². The lowest BCUT2D eigenvalue weighted by Crippen LogP contribution is -2.50. The fourth-order valence-electron chi connectivity index (χ4n) is 1.42. The van der Waals surface area contributed by atoms with Crippen LogP contribution >= 0.6 is 11.8 Å². The van der Waals surface area contributed by atoms with Gasteiger partial charge in [-0.3, -0.25) is 0 Å². The Morgan fingerprint density at radius 2 is 2.38 bits per heavy atom. The van der Waals surface area contributed by atoms with Crippen LogP contribution in [-0.4, -0.2) is 33.9 Å². The van der Waals surface area contributed by atoms with Crippen LogP contribution in [-0.2, 0) is 4.74 Å². The Bertz CT molecular complexity index is 208. The standard InChI is InChI=1S/C8H14ClNO3/c1-8(2)5-6(3-4-11)13-7(12)10(8)9/h6,11H,3-5H2,1-2H3. The molecule has 1 amide bonds. The molecular formula is C8H14ClNO3. The molecule has 13 heavy (non-hydrogen) atoms. The molecule has 0 radical (unpaired) electrons. The topological polar surface area (TPSA) is 49.8 Å². The number of halogens is 1. The van der Waals surface area contributed by atoms with Crippen LogP contribution in [0, 0.1) is 0 Å². The fourth-order valence-corrected chi connectivity index (χ4v) is 1.53. The maximum Gasteiger partial charge on any atom is 0.425 e. The normalized spacial score (nSPS) is 27.2. The summed E-state index contributed by atoms with van der Waals surface area (Å²) in [5, 5.41) is 8.70. The van der Waals surface area contributed by atoms with Crippen LogP contribution < -0.4 is 0 Å². The van der Waals surface area contributed by atoms with Crippen LogP contribution in [0.4, 0.5) is 4.79 Å². The highest BCUT2D eigenvalue weighted by Crippen LogP contribution is 2.31. The summed E-state index contributed by atoms with van der Waals surface area (Å²) in [4.78, 5) is 11.2. The van der Waals surface area contributed by atoms with Gasteiger partial charge < -0.3 is 9.84 Å². The minimum Gasteiger partial charge on any atom is -0.445 e. The summed E-state index contributed by atoms with van der Waals surface area (Å²) in [7, 11) is 0. The van der Waals surface area contributed by atoms with Crippen molar-refractivity contribution in [2.75, 3.05) is 6.61 Å². The van der Waals surface area contributed by atoms with Crippen molar-refractivity contribution in [3.63, 3.8) is 0 Å². The molecule has 0 saturated carbocycles. The molecule has 0 aromatic heterocycles. The van der Waals surface area contributed by atoms with E-state index < -0.39 is 11.6 Å². The average molecular weight is 208 g/mol. The van der Waals surface area contributed by atoms with E-state index in [0.717, 1.165) is 4.42 Å². The minimum atomic E-state index is -0.531. The molecule has 0 aliphatic carbocycles. The molecule has 1 heterocycles. The van der Waals surface area contributed by atoms with Gasteiger partial charge in [0, 0.05) is 31.2 Å². The van der Waals surface area contributed by atoms with Crippen molar-refractivity contribution in [2.24, 2.45) is 0 Å². The van der Waals surface area contributed by atoms with Crippen LogP contribution in [0.5, 0.6) is 0 Å². The van der Waals surface area contributed by atoms with Gasteiger partial charge in [0.15, 0.2) is 0 Å². The summed E-state index contributed by atoms with van der Waals surface area (Å²) in [6.45, 7) is 3.76. The molecule has 1 rings (SSSR count). The number of amides is 1. The first kappa shape index (κ1) is 10.6. The lowest BCUT2D eigenvalue weighted by atomic mass is 9.94. The van der Waals surface area contributed by atoms with Gasteiger partial charge in [0.2, 0.25) is 0 Å². The quantitative estimate of drug-likeness (QED) is 0.699. The van der Waals surface area contributed by atoms with Gasteiger partial charge in [-0.05, 0) is 13.8 Å². The zero-order chi connectivity index (χ0) is 10.1. The van der Waals surface area contributed by atoms with Crippen LogP contribution in [0.2, 0.25) is 0 Å². The molecule has 0 bridgehead atoms. The highest BCUT2D eigenvalue weighted by Gasteiger charge is 2.40. The van der Waals surface area contributed by atoms with Crippen molar-refractivity contribution < 1.29 is 14.6 Å². The number of carbonyl (C=O) groups excluding carboxylic acids is 1. The first-order valence-corrected chi connectivity index (χ1v) is 4.58. The Morgan fingerprint density at radius 1 is 1.77 bits per heavy atom. The number of aliphatic hydroxyl groups excluding tert-OH is 1. The van der Waals surface area contributed by atoms with E-state index in [2.05, 4.69) is 0 Å². The molecule has 1 aliphatic rings. The molecule has 1 fully saturated rings. The van der Waals surface area contributed by atoms with Gasteiger partial charge in [-0.2, -0.15) is 0 Å². The fraction of sp³-hybridized carbons (Fsp3) is 0.875. The third kappa shape index (κ3) is 2.25. The Balaban J connectivity index is 2.64. The van der Waals surface area contributed by atoms with Gasteiger partial charge in [0.1, 0.15) is 6.10 Å². The number of hydrogen-bond donors (Lipinski definition) is 1. The zero-order valence-corrected chi connectivity index (χ0v) is 8.54. The molecule has 5 heteroatoms. The number of cyclic esters (lactones) is 1. The van der Waals surface area contributed by atoms with E-state index >= 15 is 0 Å². The summed E-state index contributed by atoms with van der Waals surface area (Å²) in [5.41, 5.74) is -0.406. The van der Waals surface area contributed by atoms with E-state index in [0.29, 0.717) is 12.8 Å². The largest absolute Gasteiger partial charge is 0.445 e. The van der Waals surface area contributed by atoms with Crippen molar-refractivity contribution in [1.82, 2.24) is 4.42 Å². The van der Waals surface area contributed by atoms with Gasteiger partial charge in [0.25, 0.3) is 0 Å². The number of carbonyl (C=O) groups is 1. The van der Waals surface area contributed by atoms with E-state index in [1.807, 2.05) is 13.8 Å². The first-order valence-electron chi connectivity index (χ1n) is 4.25. The average Bonchev–Trinajstić information content (AvgIpc) is 2.00. The Morgan fingerprint density at radius 3 is 2.85 bits per heavy atom. The number of rotatable bonds is 2. The summed E-state index contributed by atoms with van der Waals surface area (Å²) in [6, 6.07) is 0. The lowest BCUT2D eigenvalue weighted by molar-refractivity contribution is -0.00649. The van der Waals surface area contributed by atoms with Crippen LogP contribution in [0.15, 0.2) is 0 Å². The predicted molar refractivity (Wildman–Crippen MR) is 48.4 cm³/mol. The second-order valence-electron chi connectivity index (χ2n) is 3.82. The summed E-state index contributed by atoms with van der Waals surface area (Å²) >= 11 is 5.72. The molecule has 0 spiro atoms. The minimum absolute atomic E-state index is 0.0241. The van der Waals surface area contributed by atoms with E-state index in [4.69, 9.17) is 21.6 Å². The van der Waals surface area contributed by atoms with Crippen LogP contribution in [0.25, 0.3) is 0 Å². The SMILES string of the molecule is CC1(C)CC(CCO)OC(=O)N1Cl. The van der Waals surface area contributed by atoms with Gasteiger partial charge in [-0.15, -0.1) is 0 Å². The number of hydrogen-bond acceptors (Lipinski definition) is 3. The summed E-state index contributed by atoms with van der Waals surface area (Å²) in [5.74, 6) is 0. The predicted octanol–water partition coefficient (Wildman–Crippen LogP) is 1.51. The number of aliphatic hydroxyl groups is 1. The van der Waals surface area contributed by atoms with Crippen molar-refractivity contribution in [3.05, 3.63) is 0 Å². The maximum absolute atomic E-state index is 11.2. The number of ether oxygens (including phenoxy) is 1. The molecule has 1 atom stereocenters. The highest BCUT2D eigenvalue weighted by atomic mass is 35.5. The Hall–Kier alpha value is -0.480. The molecule has 0 aromatic carbocycles. The molecule has 4 nitrogen and oxygen atoms in total. The molecule has 76 valence electrons. The second kappa shape index (κ2) is 3.72. The van der Waals surface area contributed by atoms with E-state index in [1.165, 1.54) is 0 Å². The zero-order valence-electron chi connectivity index (χ0n) is 7.79. The van der Waals surface area contributed by atoms with E-state index in [1.54, 1.807) is 0 Å². The molecule has 1 N–H and O–H groups in total. The Labute approximate surface area is 82.5 Å². The van der Waals surface area contributed by atoms with Crippen molar-refractivity contribution in [1.29, 1.82) is 0 Å². The third-order valence-corrected chi connectivity index (χ3v) is 2.73. The lowest BCUT2D eigenvalue weighted by Gasteiger charge is -2.40. The molecule has 0 aromatic rings. The van der Waals surface area contributed by atoms with Gasteiger partial charge in [-0.1, -0.05) is 0 Å². The molecular weight excluding hydrogens is 194 g/mol. The van der Waals surface area contributed by atoms with Crippen LogP contribution in [0.3, 0.4) is 0 Å². The molecule has 1 aliphatic heterocycles. The van der Waals surface area contributed by atoms with Crippen molar-refractivity contribution in [2.45, 2.75) is 38.3 Å². The molecule has 1 saturated heterocycles. The van der Waals surface area contributed by atoms with Crippen molar-refractivity contribution >= 4 is 17.9 Å². The molecule has 1 unspecified atom stereocenters. The van der Waals surface area contributed by atoms with Crippen LogP contribution in [0.1, 0.15) is 26.7 Å². The third-order valence-electron chi connectivity index (χ3n) is 2.14. The Kier molecular flexibility index (Phi) is 3.03. The summed E-state index contributed by atoms with van der Waals surface area (Å²) < 4.78 is 6.04. The second-order valence-corrected chi connectivity index (χ2v) is 4.15. The summed E-state index contributed by atoms with van der Waals surface area (Å²) in [6.07, 6.45) is 0.363. The smallest absolute Gasteiger partial charge is 0.425 e. The van der Waals surface area contributed by atoms with Gasteiger partial charge in [0.05, 0.1) is 5.54 Å². The van der Waals surface area contributed by atoms with Gasteiger partial charge in [-0.25, -0.2) is 9.21 Å². The number of nitrogens with zero attached hydrogens (tertiary/aromatic N) is 1. The van der Waals surface area contributed by atoms with Gasteiger partial charge >= 0.3 is 6.09 Å².